The van der Waals surface area contributed by atoms with Gasteiger partial charge in [-0.05, 0) is 31.0 Å². The van der Waals surface area contributed by atoms with Gasteiger partial charge in [-0.3, -0.25) is 0 Å². The van der Waals surface area contributed by atoms with Gasteiger partial charge in [0.25, 0.3) is 0 Å². The zero-order chi connectivity index (χ0) is 13.8. The molecule has 0 saturated carbocycles. The summed E-state index contributed by atoms with van der Waals surface area (Å²) in [5.41, 5.74) is 5.02. The van der Waals surface area contributed by atoms with Crippen LogP contribution in [0.1, 0.15) is 21.8 Å². The van der Waals surface area contributed by atoms with E-state index in [9.17, 15) is 0 Å². The molecule has 0 unspecified atom stereocenters. The minimum atomic E-state index is 0.824. The van der Waals surface area contributed by atoms with E-state index in [1.807, 2.05) is 6.92 Å². The van der Waals surface area contributed by atoms with Gasteiger partial charge < -0.3 is 10.2 Å². The average molecular weight is 275 g/mol. The van der Waals surface area contributed by atoms with E-state index < -0.39 is 0 Å². The van der Waals surface area contributed by atoms with Crippen molar-refractivity contribution in [1.29, 1.82) is 0 Å². The first-order valence-corrected chi connectivity index (χ1v) is 7.33. The summed E-state index contributed by atoms with van der Waals surface area (Å²) in [5, 5.41) is 6.70. The predicted molar refractivity (Wildman–Crippen MR) is 82.9 cm³/mol. The van der Waals surface area contributed by atoms with E-state index >= 15 is 0 Å². The summed E-state index contributed by atoms with van der Waals surface area (Å²) in [6.45, 7) is 5.86. The quantitative estimate of drug-likeness (QED) is 0.909. The molecule has 0 aliphatic carbocycles. The van der Waals surface area contributed by atoms with Gasteiger partial charge in [-0.15, -0.1) is 11.3 Å². The fourth-order valence-corrected chi connectivity index (χ4v) is 2.67. The van der Waals surface area contributed by atoms with Crippen molar-refractivity contribution in [3.05, 3.63) is 45.4 Å². The van der Waals surface area contributed by atoms with Crippen molar-refractivity contribution in [2.24, 2.45) is 0 Å². The van der Waals surface area contributed by atoms with Crippen LogP contribution in [0.4, 0.5) is 5.69 Å². The minimum absolute atomic E-state index is 0.824. The molecule has 102 valence electrons. The van der Waals surface area contributed by atoms with Gasteiger partial charge in [-0.2, -0.15) is 0 Å². The highest BCUT2D eigenvalue weighted by Gasteiger charge is 2.05. The lowest BCUT2D eigenvalue weighted by atomic mass is 10.1. The van der Waals surface area contributed by atoms with E-state index in [0.29, 0.717) is 0 Å². The van der Waals surface area contributed by atoms with Gasteiger partial charge >= 0.3 is 0 Å². The van der Waals surface area contributed by atoms with Crippen LogP contribution in [0.5, 0.6) is 0 Å². The van der Waals surface area contributed by atoms with E-state index in [0.717, 1.165) is 23.8 Å². The molecule has 0 bridgehead atoms. The molecule has 0 amide bonds. The Balaban J connectivity index is 1.99. The number of anilines is 1. The van der Waals surface area contributed by atoms with E-state index in [4.69, 9.17) is 0 Å². The Morgan fingerprint density at radius 1 is 1.21 bits per heavy atom. The third-order valence-electron chi connectivity index (χ3n) is 3.01. The van der Waals surface area contributed by atoms with Crippen LogP contribution in [0, 0.1) is 13.8 Å². The molecule has 3 nitrogen and oxygen atoms in total. The Hall–Kier alpha value is -1.39. The Bertz CT molecular complexity index is 546. The third kappa shape index (κ3) is 3.78. The van der Waals surface area contributed by atoms with Gasteiger partial charge in [0.15, 0.2) is 0 Å². The maximum Gasteiger partial charge on any atom is 0.0897 e. The molecule has 1 heterocycles. The van der Waals surface area contributed by atoms with Crippen LogP contribution in [-0.4, -0.2) is 19.1 Å². The summed E-state index contributed by atoms with van der Waals surface area (Å²) in [6.07, 6.45) is 0. The molecule has 0 fully saturated rings. The molecule has 0 atom stereocenters. The number of benzene rings is 1. The molecular weight excluding hydrogens is 254 g/mol. The van der Waals surface area contributed by atoms with Gasteiger partial charge in [0.1, 0.15) is 0 Å². The number of hydrogen-bond donors (Lipinski definition) is 1. The predicted octanol–water partition coefficient (Wildman–Crippen LogP) is 3.12. The van der Waals surface area contributed by atoms with Crippen LogP contribution in [-0.2, 0) is 13.1 Å². The molecule has 0 radical (unpaired) electrons. The normalized spacial score (nSPS) is 10.7. The molecule has 2 aromatic rings. The molecule has 1 aromatic heterocycles. The van der Waals surface area contributed by atoms with Crippen molar-refractivity contribution in [3.8, 4) is 0 Å². The van der Waals surface area contributed by atoms with Crippen LogP contribution < -0.4 is 10.2 Å². The summed E-state index contributed by atoms with van der Waals surface area (Å²) < 4.78 is 0. The summed E-state index contributed by atoms with van der Waals surface area (Å²) in [4.78, 5) is 6.62. The summed E-state index contributed by atoms with van der Waals surface area (Å²) in [5.74, 6) is 0. The van der Waals surface area contributed by atoms with Crippen molar-refractivity contribution < 1.29 is 0 Å². The van der Waals surface area contributed by atoms with Crippen molar-refractivity contribution in [3.63, 3.8) is 0 Å². The first-order chi connectivity index (χ1) is 9.06. The maximum atomic E-state index is 4.46. The van der Waals surface area contributed by atoms with Crippen LogP contribution in [0.25, 0.3) is 0 Å². The highest BCUT2D eigenvalue weighted by Crippen LogP contribution is 2.20. The van der Waals surface area contributed by atoms with Gasteiger partial charge in [0.05, 0.1) is 10.7 Å². The summed E-state index contributed by atoms with van der Waals surface area (Å²) in [6, 6.07) is 6.59. The molecule has 4 heteroatoms. The summed E-state index contributed by atoms with van der Waals surface area (Å²) >= 11 is 1.70. The average Bonchev–Trinajstić information content (AvgIpc) is 2.77. The molecule has 0 aliphatic heterocycles. The highest BCUT2D eigenvalue weighted by atomic mass is 32.1. The smallest absolute Gasteiger partial charge is 0.0897 e. The lowest BCUT2D eigenvalue weighted by Crippen LogP contribution is -2.17. The van der Waals surface area contributed by atoms with Gasteiger partial charge in [0.2, 0.25) is 0 Å². The van der Waals surface area contributed by atoms with E-state index in [1.165, 1.54) is 16.8 Å². The Kier molecular flexibility index (Phi) is 4.56. The van der Waals surface area contributed by atoms with Crippen molar-refractivity contribution in [1.82, 2.24) is 10.3 Å². The van der Waals surface area contributed by atoms with Crippen LogP contribution in [0.3, 0.4) is 0 Å². The SMILES string of the molecule is Cc1ccc(CNCc2csc(C)n2)c(N(C)C)c1. The number of rotatable bonds is 5. The highest BCUT2D eigenvalue weighted by molar-refractivity contribution is 7.09. The number of hydrogen-bond acceptors (Lipinski definition) is 4. The molecule has 1 N–H and O–H groups in total. The largest absolute Gasteiger partial charge is 0.377 e. The molecule has 0 spiro atoms. The minimum Gasteiger partial charge on any atom is -0.377 e. The van der Waals surface area contributed by atoms with E-state index in [-0.39, 0.29) is 0 Å². The van der Waals surface area contributed by atoms with Gasteiger partial charge in [-0.25, -0.2) is 4.98 Å². The number of thiazole rings is 1. The maximum absolute atomic E-state index is 4.46. The van der Waals surface area contributed by atoms with Gasteiger partial charge in [0, 0.05) is 38.3 Å². The lowest BCUT2D eigenvalue weighted by molar-refractivity contribution is 0.681. The van der Waals surface area contributed by atoms with Crippen molar-refractivity contribution in [2.75, 3.05) is 19.0 Å². The van der Waals surface area contributed by atoms with E-state index in [1.54, 1.807) is 11.3 Å². The number of nitrogens with zero attached hydrogens (tertiary/aromatic N) is 2. The Morgan fingerprint density at radius 3 is 2.63 bits per heavy atom. The van der Waals surface area contributed by atoms with Crippen molar-refractivity contribution >= 4 is 17.0 Å². The second-order valence-corrected chi connectivity index (χ2v) is 6.05. The fourth-order valence-electron chi connectivity index (χ4n) is 2.05. The number of aryl methyl sites for hydroxylation is 2. The Labute approximate surface area is 119 Å². The van der Waals surface area contributed by atoms with Gasteiger partial charge in [-0.1, -0.05) is 12.1 Å². The van der Waals surface area contributed by atoms with E-state index in [2.05, 4.69) is 59.8 Å². The number of aromatic nitrogens is 1. The van der Waals surface area contributed by atoms with Crippen LogP contribution in [0.2, 0.25) is 0 Å². The third-order valence-corrected chi connectivity index (χ3v) is 3.83. The summed E-state index contributed by atoms with van der Waals surface area (Å²) in [7, 11) is 4.17. The lowest BCUT2D eigenvalue weighted by Gasteiger charge is -2.18. The van der Waals surface area contributed by atoms with Crippen LogP contribution >= 0.6 is 11.3 Å². The number of nitrogens with one attached hydrogen (secondary N) is 1. The Morgan fingerprint density at radius 2 is 2.00 bits per heavy atom. The molecule has 0 aliphatic rings. The second kappa shape index (κ2) is 6.17. The zero-order valence-electron chi connectivity index (χ0n) is 12.0. The zero-order valence-corrected chi connectivity index (χ0v) is 12.8. The molecule has 1 aromatic carbocycles. The topological polar surface area (TPSA) is 28.2 Å². The van der Waals surface area contributed by atoms with Crippen molar-refractivity contribution in [2.45, 2.75) is 26.9 Å². The first-order valence-electron chi connectivity index (χ1n) is 6.45. The first kappa shape index (κ1) is 14.0. The molecule has 2 rings (SSSR count). The van der Waals surface area contributed by atoms with Crippen LogP contribution in [0.15, 0.2) is 23.6 Å². The standard InChI is InChI=1S/C15H21N3S/c1-11-5-6-13(15(7-11)18(3)4)8-16-9-14-10-19-12(2)17-14/h5-7,10,16H,8-9H2,1-4H3. The molecule has 19 heavy (non-hydrogen) atoms. The molecule has 0 saturated heterocycles. The molecular formula is C15H21N3S. The monoisotopic (exact) mass is 275 g/mol. The second-order valence-electron chi connectivity index (χ2n) is 4.99. The fraction of sp³-hybridized carbons (Fsp3) is 0.400.